The first-order valence-electron chi connectivity index (χ1n) is 7.80. The van der Waals surface area contributed by atoms with Crippen LogP contribution in [0.1, 0.15) is 34.7 Å². The first-order chi connectivity index (χ1) is 11.8. The van der Waals surface area contributed by atoms with Crippen molar-refractivity contribution in [2.75, 3.05) is 17.7 Å². The van der Waals surface area contributed by atoms with E-state index in [0.717, 1.165) is 0 Å². The molecule has 0 aliphatic heterocycles. The van der Waals surface area contributed by atoms with Gasteiger partial charge in [-0.05, 0) is 18.2 Å². The highest BCUT2D eigenvalue weighted by atomic mass is 16.2. The summed E-state index contributed by atoms with van der Waals surface area (Å²) in [5.41, 5.74) is 1.07. The fourth-order valence-electron chi connectivity index (χ4n) is 2.04. The van der Waals surface area contributed by atoms with Crippen molar-refractivity contribution in [3.05, 3.63) is 41.6 Å². The first-order valence-corrected chi connectivity index (χ1v) is 7.80. The number of benzene rings is 1. The lowest BCUT2D eigenvalue weighted by Crippen LogP contribution is -2.19. The quantitative estimate of drug-likeness (QED) is 0.767. The molecule has 0 saturated heterocycles. The van der Waals surface area contributed by atoms with Gasteiger partial charge in [0.1, 0.15) is 5.82 Å². The Kier molecular flexibility index (Phi) is 5.53. The second-order valence-corrected chi connectivity index (χ2v) is 5.80. The van der Waals surface area contributed by atoms with Crippen LogP contribution in [0.5, 0.6) is 0 Å². The maximum absolute atomic E-state index is 12.3. The molecular weight excluding hydrogens is 322 g/mol. The van der Waals surface area contributed by atoms with Crippen molar-refractivity contribution in [3.8, 4) is 0 Å². The van der Waals surface area contributed by atoms with Crippen molar-refractivity contribution in [1.82, 2.24) is 15.1 Å². The third-order valence-electron chi connectivity index (χ3n) is 3.50. The number of nitrogens with zero attached hydrogens (tertiary/aromatic N) is 2. The first kappa shape index (κ1) is 18.2. The number of nitrogens with one attached hydrogen (secondary N) is 3. The number of hydrogen-bond acceptors (Lipinski definition) is 4. The van der Waals surface area contributed by atoms with Gasteiger partial charge in [-0.2, -0.15) is 5.10 Å². The Labute approximate surface area is 145 Å². The van der Waals surface area contributed by atoms with E-state index in [2.05, 4.69) is 21.0 Å². The van der Waals surface area contributed by atoms with E-state index in [1.54, 1.807) is 45.2 Å². The molecule has 0 radical (unpaired) electrons. The van der Waals surface area contributed by atoms with Gasteiger partial charge < -0.3 is 16.0 Å². The van der Waals surface area contributed by atoms with E-state index in [4.69, 9.17) is 0 Å². The summed E-state index contributed by atoms with van der Waals surface area (Å²) in [6, 6.07) is 8.07. The standard InChI is InChI=1S/C17H21N5O3/c1-10(2)15(23)20-14-9-13(21-22(14)4)17(25)19-12-7-5-6-11(8-12)16(24)18-3/h5-10H,1-4H3,(H,18,24)(H,19,25)(H,20,23). The zero-order valence-electron chi connectivity index (χ0n) is 14.6. The Morgan fingerprint density at radius 1 is 1.08 bits per heavy atom. The van der Waals surface area contributed by atoms with Crippen molar-refractivity contribution in [1.29, 1.82) is 0 Å². The highest BCUT2D eigenvalue weighted by Crippen LogP contribution is 2.15. The van der Waals surface area contributed by atoms with Gasteiger partial charge in [0, 0.05) is 37.3 Å². The number of amides is 3. The smallest absolute Gasteiger partial charge is 0.276 e. The van der Waals surface area contributed by atoms with Gasteiger partial charge in [0.25, 0.3) is 11.8 Å². The van der Waals surface area contributed by atoms with E-state index in [-0.39, 0.29) is 23.4 Å². The summed E-state index contributed by atoms with van der Waals surface area (Å²) in [7, 11) is 3.17. The molecule has 1 heterocycles. The molecule has 8 nitrogen and oxygen atoms in total. The molecule has 2 aromatic rings. The molecule has 0 aliphatic rings. The van der Waals surface area contributed by atoms with Gasteiger partial charge in [0.15, 0.2) is 5.69 Å². The van der Waals surface area contributed by atoms with E-state index >= 15 is 0 Å². The molecular formula is C17H21N5O3. The van der Waals surface area contributed by atoms with Crippen LogP contribution in [0.4, 0.5) is 11.5 Å². The number of hydrogen-bond donors (Lipinski definition) is 3. The van der Waals surface area contributed by atoms with Gasteiger partial charge in [-0.15, -0.1) is 0 Å². The zero-order chi connectivity index (χ0) is 18.6. The summed E-state index contributed by atoms with van der Waals surface area (Å²) in [5, 5.41) is 12.0. The van der Waals surface area contributed by atoms with Crippen molar-refractivity contribution >= 4 is 29.2 Å². The SMILES string of the molecule is CNC(=O)c1cccc(NC(=O)c2cc(NC(=O)C(C)C)n(C)n2)c1. The van der Waals surface area contributed by atoms with Crippen LogP contribution < -0.4 is 16.0 Å². The Morgan fingerprint density at radius 3 is 2.44 bits per heavy atom. The monoisotopic (exact) mass is 343 g/mol. The molecule has 0 spiro atoms. The average molecular weight is 343 g/mol. The molecule has 0 unspecified atom stereocenters. The fraction of sp³-hybridized carbons (Fsp3) is 0.294. The largest absolute Gasteiger partial charge is 0.355 e. The van der Waals surface area contributed by atoms with Crippen LogP contribution in [0.2, 0.25) is 0 Å². The molecule has 132 valence electrons. The molecule has 0 fully saturated rings. The van der Waals surface area contributed by atoms with Crippen LogP contribution in [-0.4, -0.2) is 34.5 Å². The van der Waals surface area contributed by atoms with E-state index in [9.17, 15) is 14.4 Å². The lowest BCUT2D eigenvalue weighted by molar-refractivity contribution is -0.118. The Balaban J connectivity index is 2.14. The van der Waals surface area contributed by atoms with Crippen molar-refractivity contribution in [2.24, 2.45) is 13.0 Å². The lowest BCUT2D eigenvalue weighted by atomic mass is 10.2. The molecule has 0 saturated carbocycles. The highest BCUT2D eigenvalue weighted by Gasteiger charge is 2.16. The van der Waals surface area contributed by atoms with Crippen LogP contribution in [-0.2, 0) is 11.8 Å². The Morgan fingerprint density at radius 2 is 1.80 bits per heavy atom. The topological polar surface area (TPSA) is 105 Å². The van der Waals surface area contributed by atoms with Crippen molar-refractivity contribution in [2.45, 2.75) is 13.8 Å². The summed E-state index contributed by atoms with van der Waals surface area (Å²) in [6.45, 7) is 3.55. The molecule has 1 aromatic heterocycles. The summed E-state index contributed by atoms with van der Waals surface area (Å²) < 4.78 is 1.43. The van der Waals surface area contributed by atoms with Crippen LogP contribution in [0, 0.1) is 5.92 Å². The Hall–Kier alpha value is -3.16. The summed E-state index contributed by atoms with van der Waals surface area (Å²) in [6.07, 6.45) is 0. The van der Waals surface area contributed by atoms with Gasteiger partial charge in [0.05, 0.1) is 0 Å². The predicted octanol–water partition coefficient (Wildman–Crippen LogP) is 1.63. The predicted molar refractivity (Wildman–Crippen MR) is 94.5 cm³/mol. The number of carbonyl (C=O) groups excluding carboxylic acids is 3. The third-order valence-corrected chi connectivity index (χ3v) is 3.50. The van der Waals surface area contributed by atoms with Gasteiger partial charge in [-0.1, -0.05) is 19.9 Å². The van der Waals surface area contributed by atoms with Crippen LogP contribution in [0.15, 0.2) is 30.3 Å². The maximum Gasteiger partial charge on any atom is 0.276 e. The van der Waals surface area contributed by atoms with Gasteiger partial charge in [-0.25, -0.2) is 0 Å². The number of anilines is 2. The Bertz CT molecular complexity index is 810. The number of aromatic nitrogens is 2. The second kappa shape index (κ2) is 7.61. The molecule has 25 heavy (non-hydrogen) atoms. The average Bonchev–Trinajstić information content (AvgIpc) is 2.95. The van der Waals surface area contributed by atoms with E-state index in [1.807, 2.05) is 0 Å². The van der Waals surface area contributed by atoms with E-state index in [0.29, 0.717) is 17.1 Å². The molecule has 0 bridgehead atoms. The minimum atomic E-state index is -0.435. The number of carbonyl (C=O) groups is 3. The molecule has 0 aliphatic carbocycles. The maximum atomic E-state index is 12.3. The van der Waals surface area contributed by atoms with Crippen LogP contribution in [0.25, 0.3) is 0 Å². The summed E-state index contributed by atoms with van der Waals surface area (Å²) >= 11 is 0. The minimum absolute atomic E-state index is 0.159. The van der Waals surface area contributed by atoms with Crippen molar-refractivity contribution < 1.29 is 14.4 Å². The van der Waals surface area contributed by atoms with E-state index < -0.39 is 5.91 Å². The number of aryl methyl sites for hydroxylation is 1. The fourth-order valence-corrected chi connectivity index (χ4v) is 2.04. The zero-order valence-corrected chi connectivity index (χ0v) is 14.6. The normalized spacial score (nSPS) is 10.4. The molecule has 1 aromatic carbocycles. The molecule has 3 N–H and O–H groups in total. The lowest BCUT2D eigenvalue weighted by Gasteiger charge is -2.06. The van der Waals surface area contributed by atoms with Crippen LogP contribution >= 0.6 is 0 Å². The molecule has 3 amide bonds. The van der Waals surface area contributed by atoms with Gasteiger partial charge in [0.2, 0.25) is 5.91 Å². The molecule has 0 atom stereocenters. The summed E-state index contributed by atoms with van der Waals surface area (Å²) in [5.74, 6) is -0.585. The van der Waals surface area contributed by atoms with E-state index in [1.165, 1.54) is 17.8 Å². The second-order valence-electron chi connectivity index (χ2n) is 5.80. The molecule has 8 heteroatoms. The minimum Gasteiger partial charge on any atom is -0.355 e. The highest BCUT2D eigenvalue weighted by molar-refractivity contribution is 6.04. The third kappa shape index (κ3) is 4.43. The summed E-state index contributed by atoms with van der Waals surface area (Å²) in [4.78, 5) is 35.8. The van der Waals surface area contributed by atoms with Gasteiger partial charge in [-0.3, -0.25) is 19.1 Å². The van der Waals surface area contributed by atoms with Gasteiger partial charge >= 0.3 is 0 Å². The molecule has 2 rings (SSSR count). The van der Waals surface area contributed by atoms with Crippen LogP contribution in [0.3, 0.4) is 0 Å². The van der Waals surface area contributed by atoms with Crippen molar-refractivity contribution in [3.63, 3.8) is 0 Å². The number of rotatable bonds is 5.